The first-order valence-electron chi connectivity index (χ1n) is 6.30. The smallest absolute Gasteiger partial charge is 1.00 e. The van der Waals surface area contributed by atoms with Gasteiger partial charge in [-0.15, -0.1) is 0 Å². The normalized spacial score (nSPS) is 14.1. The van der Waals surface area contributed by atoms with Crippen molar-refractivity contribution in [1.82, 2.24) is 0 Å². The van der Waals surface area contributed by atoms with Crippen LogP contribution in [0, 0.1) is 0 Å². The maximum Gasteiger partial charge on any atom is 1.00 e. The summed E-state index contributed by atoms with van der Waals surface area (Å²) in [6.45, 7) is 0. The second-order valence-corrected chi connectivity index (χ2v) is 5.01. The van der Waals surface area contributed by atoms with E-state index in [-0.39, 0.29) is 75.2 Å². The van der Waals surface area contributed by atoms with Gasteiger partial charge in [-0.1, -0.05) is 0 Å². The standard InChI is InChI=1S/C12H14O13.Au.K.H/c13-5(14)1-11(23,9(19)20)3-7(17)25-8(18)4-12(24,10(21)22)2-6(15)16;;;/h23-24H,1-4H2,(H,13,14)(H,15,16)(H,19,20)(H,21,22);;;/q;;+1;-1. The molecule has 6 N–H and O–H groups in total. The summed E-state index contributed by atoms with van der Waals surface area (Å²) in [6, 6.07) is 0. The van der Waals surface area contributed by atoms with Gasteiger partial charge >= 0.3 is 87.2 Å². The Balaban J connectivity index is -0.000000960. The summed E-state index contributed by atoms with van der Waals surface area (Å²) in [7, 11) is 0. The summed E-state index contributed by atoms with van der Waals surface area (Å²) < 4.78 is 3.99. The number of ether oxygens (including phenoxy) is 1. The molecule has 0 aliphatic heterocycles. The maximum atomic E-state index is 11.4. The Hall–Kier alpha value is -0.683. The fourth-order valence-corrected chi connectivity index (χ4v) is 1.60. The van der Waals surface area contributed by atoms with Gasteiger partial charge in [0.2, 0.25) is 0 Å². The van der Waals surface area contributed by atoms with Crippen LogP contribution in [0.1, 0.15) is 27.1 Å². The molecular formula is C12H15AuKO13. The molecule has 2 atom stereocenters. The predicted molar refractivity (Wildman–Crippen MR) is 71.1 cm³/mol. The first-order chi connectivity index (χ1) is 11.2. The van der Waals surface area contributed by atoms with Crippen molar-refractivity contribution >= 4 is 35.8 Å². The zero-order chi connectivity index (χ0) is 20.0. The van der Waals surface area contributed by atoms with Crippen molar-refractivity contribution in [3.8, 4) is 0 Å². The molecule has 0 aromatic carbocycles. The van der Waals surface area contributed by atoms with Crippen molar-refractivity contribution in [1.29, 1.82) is 0 Å². The molecule has 15 heteroatoms. The minimum absolute atomic E-state index is 0. The third-order valence-corrected chi connectivity index (χ3v) is 2.78. The number of carbonyl (C=O) groups is 6. The van der Waals surface area contributed by atoms with Crippen LogP contribution >= 0.6 is 0 Å². The Morgan fingerprint density at radius 3 is 1.11 bits per heavy atom. The molecular weight excluding hydrogens is 588 g/mol. The SMILES string of the molecule is O=C(O)CC(O)(CC(=O)OC(=O)CC(O)(CC(=O)O)C(=O)O)C(=O)O.[Au].[H-].[K+]. The minimum atomic E-state index is -3.09. The van der Waals surface area contributed by atoms with Crippen LogP contribution in [0.5, 0.6) is 0 Å². The van der Waals surface area contributed by atoms with Gasteiger partial charge in [0.25, 0.3) is 0 Å². The van der Waals surface area contributed by atoms with E-state index in [2.05, 4.69) is 4.74 Å². The van der Waals surface area contributed by atoms with Gasteiger partial charge in [-0.25, -0.2) is 9.59 Å². The van der Waals surface area contributed by atoms with E-state index in [0.717, 1.165) is 0 Å². The molecule has 0 bridgehead atoms. The largest absolute Gasteiger partial charge is 1.00 e. The quantitative estimate of drug-likeness (QED) is 0.0778. The van der Waals surface area contributed by atoms with Gasteiger partial charge < -0.3 is 36.8 Å². The van der Waals surface area contributed by atoms with Gasteiger partial charge in [-0.2, -0.15) is 0 Å². The number of rotatable bonds is 10. The summed E-state index contributed by atoms with van der Waals surface area (Å²) in [5, 5.41) is 53.6. The number of carboxylic acids is 4. The predicted octanol–water partition coefficient (Wildman–Crippen LogP) is -5.47. The van der Waals surface area contributed by atoms with Crippen molar-refractivity contribution in [2.45, 2.75) is 36.9 Å². The second-order valence-electron chi connectivity index (χ2n) is 5.01. The van der Waals surface area contributed by atoms with E-state index in [0.29, 0.717) is 0 Å². The van der Waals surface area contributed by atoms with Crippen molar-refractivity contribution in [3.63, 3.8) is 0 Å². The molecule has 0 heterocycles. The van der Waals surface area contributed by atoms with Gasteiger partial charge in [-0.3, -0.25) is 19.2 Å². The third-order valence-electron chi connectivity index (χ3n) is 2.78. The molecule has 153 valence electrons. The van der Waals surface area contributed by atoms with E-state index in [9.17, 15) is 39.0 Å². The molecule has 0 saturated carbocycles. The number of carboxylic acid groups (broad SMARTS) is 4. The van der Waals surface area contributed by atoms with Gasteiger partial charge in [0.15, 0.2) is 11.2 Å². The van der Waals surface area contributed by atoms with E-state index >= 15 is 0 Å². The molecule has 0 saturated heterocycles. The maximum absolute atomic E-state index is 11.4. The Bertz CT molecular complexity index is 575. The van der Waals surface area contributed by atoms with Crippen molar-refractivity contribution < 1.29 is 139 Å². The summed E-state index contributed by atoms with van der Waals surface area (Å²) in [5.74, 6) is -11.2. The molecule has 13 nitrogen and oxygen atoms in total. The fraction of sp³-hybridized carbons (Fsp3) is 0.500. The molecule has 0 rings (SSSR count). The Labute approximate surface area is 210 Å². The molecule has 2 unspecified atom stereocenters. The van der Waals surface area contributed by atoms with Gasteiger partial charge in [0.05, 0.1) is 25.7 Å². The molecule has 0 fully saturated rings. The molecule has 0 aliphatic rings. The van der Waals surface area contributed by atoms with E-state index in [1.165, 1.54) is 0 Å². The average Bonchev–Trinajstić information content (AvgIpc) is 2.34. The van der Waals surface area contributed by atoms with Crippen LogP contribution < -0.4 is 51.4 Å². The first kappa shape index (κ1) is 31.0. The van der Waals surface area contributed by atoms with Crippen LogP contribution in [-0.2, 0) is 55.9 Å². The van der Waals surface area contributed by atoms with E-state index in [1.54, 1.807) is 0 Å². The molecule has 0 spiro atoms. The van der Waals surface area contributed by atoms with Crippen molar-refractivity contribution in [2.24, 2.45) is 0 Å². The average molecular weight is 603 g/mol. The Kier molecular flexibility index (Phi) is 14.6. The Morgan fingerprint density at radius 2 is 0.926 bits per heavy atom. The zero-order valence-electron chi connectivity index (χ0n) is 14.7. The molecule has 1 radical (unpaired) electrons. The molecule has 27 heavy (non-hydrogen) atoms. The number of hydrogen-bond donors (Lipinski definition) is 6. The topological polar surface area (TPSA) is 233 Å². The summed E-state index contributed by atoms with van der Waals surface area (Å²) in [5.41, 5.74) is -6.18. The van der Waals surface area contributed by atoms with Crippen molar-refractivity contribution in [2.75, 3.05) is 0 Å². The number of carbonyl (C=O) groups excluding carboxylic acids is 2. The summed E-state index contributed by atoms with van der Waals surface area (Å²) in [6.07, 6.45) is -5.73. The summed E-state index contributed by atoms with van der Waals surface area (Å²) in [4.78, 5) is 65.5. The molecule has 0 amide bonds. The van der Waals surface area contributed by atoms with Crippen molar-refractivity contribution in [3.05, 3.63) is 0 Å². The van der Waals surface area contributed by atoms with Gasteiger partial charge in [0, 0.05) is 22.4 Å². The monoisotopic (exact) mass is 603 g/mol. The van der Waals surface area contributed by atoms with E-state index in [1.807, 2.05) is 0 Å². The number of esters is 2. The van der Waals surface area contributed by atoms with Crippen LogP contribution in [0.3, 0.4) is 0 Å². The first-order valence-corrected chi connectivity index (χ1v) is 6.30. The molecule has 0 aromatic heterocycles. The van der Waals surface area contributed by atoms with E-state index < -0.39 is 72.7 Å². The summed E-state index contributed by atoms with van der Waals surface area (Å²) >= 11 is 0. The van der Waals surface area contributed by atoms with E-state index in [4.69, 9.17) is 20.4 Å². The molecule has 0 aromatic rings. The minimum Gasteiger partial charge on any atom is -1.00 e. The second kappa shape index (κ2) is 12.7. The van der Waals surface area contributed by atoms with Crippen LogP contribution in [0.4, 0.5) is 0 Å². The van der Waals surface area contributed by atoms with Crippen LogP contribution in [0.25, 0.3) is 0 Å². The third kappa shape index (κ3) is 11.0. The number of hydrogen-bond acceptors (Lipinski definition) is 9. The van der Waals surface area contributed by atoms with Crippen LogP contribution in [-0.4, -0.2) is 77.7 Å². The van der Waals surface area contributed by atoms with Crippen LogP contribution in [0.2, 0.25) is 0 Å². The molecule has 0 aliphatic carbocycles. The zero-order valence-corrected chi connectivity index (χ0v) is 19.0. The fourth-order valence-electron chi connectivity index (χ4n) is 1.60. The Morgan fingerprint density at radius 1 is 0.667 bits per heavy atom. The number of aliphatic carboxylic acids is 4. The van der Waals surface area contributed by atoms with Crippen LogP contribution in [0.15, 0.2) is 0 Å². The van der Waals surface area contributed by atoms with Gasteiger partial charge in [-0.05, 0) is 0 Å². The van der Waals surface area contributed by atoms with Gasteiger partial charge in [0.1, 0.15) is 0 Å². The number of aliphatic hydroxyl groups is 2.